The maximum absolute atomic E-state index is 10.8. The van der Waals surface area contributed by atoms with Gasteiger partial charge in [-0.15, -0.1) is 0 Å². The molecule has 0 aromatic rings. The molecule has 0 aromatic heterocycles. The van der Waals surface area contributed by atoms with Gasteiger partial charge in [-0.1, -0.05) is 0 Å². The summed E-state index contributed by atoms with van der Waals surface area (Å²) in [5.41, 5.74) is 0.701. The number of carbonyl (C=O) groups excluding carboxylic acids is 1. The molecule has 0 fully saturated rings. The van der Waals surface area contributed by atoms with Crippen LogP contribution >= 0.6 is 0 Å². The Morgan fingerprint density at radius 1 is 1.50 bits per heavy atom. The van der Waals surface area contributed by atoms with Gasteiger partial charge in [-0.3, -0.25) is 0 Å². The predicted molar refractivity (Wildman–Crippen MR) is 39.6 cm³/mol. The fraction of sp³-hybridized carbons (Fsp3) is 0.250. The average molecular weight is 306 g/mol. The van der Waals surface area contributed by atoms with E-state index in [-0.39, 0.29) is 5.78 Å². The fourth-order valence-electron chi connectivity index (χ4n) is 0.523. The zero-order valence-corrected chi connectivity index (χ0v) is 9.11. The first-order valence-electron chi connectivity index (χ1n) is 2.93. The van der Waals surface area contributed by atoms with Crippen molar-refractivity contribution >= 4 is 9.68 Å². The van der Waals surface area contributed by atoms with Gasteiger partial charge < -0.3 is 0 Å². The summed E-state index contributed by atoms with van der Waals surface area (Å²) in [7, 11) is 0. The van der Waals surface area contributed by atoms with E-state index >= 15 is 0 Å². The molecule has 0 aliphatic rings. The van der Waals surface area contributed by atoms with Gasteiger partial charge in [0.15, 0.2) is 0 Å². The summed E-state index contributed by atoms with van der Waals surface area (Å²) in [5, 5.41) is 0. The molecule has 0 unspecified atom stereocenters. The second kappa shape index (κ2) is 4.51. The summed E-state index contributed by atoms with van der Waals surface area (Å²) in [4.78, 5) is 10.8. The van der Waals surface area contributed by atoms with Gasteiger partial charge in [0, 0.05) is 0 Å². The van der Waals surface area contributed by atoms with Gasteiger partial charge in [0.05, 0.1) is 0 Å². The molecule has 0 heterocycles. The minimum absolute atomic E-state index is 0.0793. The van der Waals surface area contributed by atoms with Crippen molar-refractivity contribution in [3.63, 3.8) is 0 Å². The Labute approximate surface area is 72.2 Å². The predicted octanol–water partition coefficient (Wildman–Crippen LogP) is 1.43. The number of hydrogen-bond donors (Lipinski definition) is 0. The van der Waals surface area contributed by atoms with Crippen molar-refractivity contribution in [2.24, 2.45) is 0 Å². The summed E-state index contributed by atoms with van der Waals surface area (Å²) in [6.07, 6.45) is 3.46. The molecule has 0 bridgehead atoms. The molecule has 0 spiro atoms. The summed E-state index contributed by atoms with van der Waals surface area (Å²) < 4.78 is 1.20. The van der Waals surface area contributed by atoms with Crippen LogP contribution in [-0.4, -0.2) is 9.68 Å². The Morgan fingerprint density at radius 2 is 2.00 bits per heavy atom. The second-order valence-corrected chi connectivity index (χ2v) is 4.28. The number of Topliss-reactive ketones (excluding diaryl/α,β-unsaturated/α-hetero) is 1. The molecule has 0 aliphatic heterocycles. The summed E-state index contributed by atoms with van der Waals surface area (Å²) in [6.45, 7) is 7.08. The van der Waals surface area contributed by atoms with Crippen molar-refractivity contribution in [2.45, 2.75) is 13.8 Å². The first kappa shape index (κ1) is 9.71. The summed E-state index contributed by atoms with van der Waals surface area (Å²) >= 11 is 1.38. The van der Waals surface area contributed by atoms with E-state index in [1.54, 1.807) is 13.0 Å². The van der Waals surface area contributed by atoms with Crippen LogP contribution < -0.4 is 0 Å². The van der Waals surface area contributed by atoms with Crippen molar-refractivity contribution in [3.05, 3.63) is 24.3 Å². The molecule has 54 valence electrons. The number of ketones is 1. The summed E-state index contributed by atoms with van der Waals surface area (Å²) in [5.74, 6) is 0.0793. The van der Waals surface area contributed by atoms with E-state index in [9.17, 15) is 4.79 Å². The van der Waals surface area contributed by atoms with Gasteiger partial charge in [-0.05, 0) is 0 Å². The van der Waals surface area contributed by atoms with E-state index in [1.807, 2.05) is 13.0 Å². The molecule has 0 radical (unpaired) electrons. The normalized spacial score (nSPS) is 10.8. The average Bonchev–Trinajstić information content (AvgIpc) is 1.81. The van der Waals surface area contributed by atoms with Gasteiger partial charge >= 0.3 is 72.0 Å². The van der Waals surface area contributed by atoms with Crippen LogP contribution in [0.3, 0.4) is 0 Å². The molecule has 0 saturated carbocycles. The van der Waals surface area contributed by atoms with Crippen LogP contribution in [0.15, 0.2) is 24.3 Å². The molecule has 1 nitrogen and oxygen atoms in total. The Balaban J connectivity index is 4.49. The molecule has 0 aliphatic carbocycles. The monoisotopic (exact) mass is 306 g/mol. The molecule has 0 saturated heterocycles. The van der Waals surface area contributed by atoms with Crippen LogP contribution in [-0.2, 0) is 24.1 Å². The Kier molecular flexibility index (Phi) is 4.38. The molecular formula is C8H10OW. The van der Waals surface area contributed by atoms with Crippen molar-refractivity contribution in [3.8, 4) is 0 Å². The Hall–Kier alpha value is -0.292. The first-order valence-corrected chi connectivity index (χ1v) is 4.40. The van der Waals surface area contributed by atoms with Crippen LogP contribution in [0.2, 0.25) is 0 Å². The molecular weight excluding hydrogens is 296 g/mol. The Morgan fingerprint density at radius 3 is 2.10 bits per heavy atom. The molecule has 0 N–H and O–H groups in total. The van der Waals surface area contributed by atoms with E-state index in [0.29, 0.717) is 5.57 Å². The SMILES string of the molecule is C=CC(=C[C](C)=[W])C(C)=O. The van der Waals surface area contributed by atoms with Gasteiger partial charge in [-0.2, -0.15) is 0 Å². The number of allylic oxidation sites excluding steroid dienone is 3. The fourth-order valence-corrected chi connectivity index (χ4v) is 0.979. The van der Waals surface area contributed by atoms with E-state index in [1.165, 1.54) is 23.3 Å². The molecule has 0 atom stereocenters. The van der Waals surface area contributed by atoms with Crippen molar-refractivity contribution in [1.82, 2.24) is 0 Å². The topological polar surface area (TPSA) is 17.1 Å². The van der Waals surface area contributed by atoms with E-state index in [2.05, 4.69) is 6.58 Å². The zero-order chi connectivity index (χ0) is 8.15. The van der Waals surface area contributed by atoms with Crippen molar-refractivity contribution in [2.75, 3.05) is 0 Å². The van der Waals surface area contributed by atoms with Crippen LogP contribution in [0.25, 0.3) is 0 Å². The van der Waals surface area contributed by atoms with E-state index in [0.717, 1.165) is 0 Å². The number of hydrogen-bond acceptors (Lipinski definition) is 1. The van der Waals surface area contributed by atoms with E-state index in [4.69, 9.17) is 0 Å². The van der Waals surface area contributed by atoms with Crippen LogP contribution in [0.1, 0.15) is 13.8 Å². The standard InChI is InChI=1S/C8H10O.W/c1-4-6-8(5-2)7(3)9;/h5-6H,2H2,1,3H3;. The van der Waals surface area contributed by atoms with Crippen LogP contribution in [0, 0.1) is 0 Å². The molecule has 0 aromatic carbocycles. The Bertz CT molecular complexity index is 201. The molecule has 0 amide bonds. The van der Waals surface area contributed by atoms with Gasteiger partial charge in [0.1, 0.15) is 0 Å². The quantitative estimate of drug-likeness (QED) is 0.569. The van der Waals surface area contributed by atoms with Crippen LogP contribution in [0.5, 0.6) is 0 Å². The second-order valence-electron chi connectivity index (χ2n) is 1.97. The molecule has 2 heteroatoms. The van der Waals surface area contributed by atoms with Crippen LogP contribution in [0.4, 0.5) is 0 Å². The third-order valence-electron chi connectivity index (χ3n) is 0.985. The van der Waals surface area contributed by atoms with Gasteiger partial charge in [0.25, 0.3) is 0 Å². The molecule has 0 rings (SSSR count). The van der Waals surface area contributed by atoms with Crippen molar-refractivity contribution < 1.29 is 24.1 Å². The molecule has 10 heavy (non-hydrogen) atoms. The van der Waals surface area contributed by atoms with Crippen molar-refractivity contribution in [1.29, 1.82) is 0 Å². The zero-order valence-electron chi connectivity index (χ0n) is 6.18. The van der Waals surface area contributed by atoms with E-state index < -0.39 is 0 Å². The van der Waals surface area contributed by atoms with Gasteiger partial charge in [0.2, 0.25) is 0 Å². The first-order chi connectivity index (χ1) is 4.57. The third-order valence-corrected chi connectivity index (χ3v) is 1.41. The summed E-state index contributed by atoms with van der Waals surface area (Å²) in [6, 6.07) is 0. The number of rotatable bonds is 3. The minimum atomic E-state index is 0.0793. The number of carbonyl (C=O) groups is 1. The van der Waals surface area contributed by atoms with Gasteiger partial charge in [-0.25, -0.2) is 0 Å². The maximum atomic E-state index is 10.8. The third kappa shape index (κ3) is 3.68.